The molecule has 2 rings (SSSR count). The number of phenolic OH excluding ortho intramolecular Hbond substituents is 1. The highest BCUT2D eigenvalue weighted by molar-refractivity contribution is 6.14. The molecular formula is C16H11FO5. The molecule has 0 unspecified atom stereocenters. The lowest BCUT2D eigenvalue weighted by atomic mass is 9.99. The van der Waals surface area contributed by atoms with Gasteiger partial charge in [0.05, 0.1) is 17.5 Å². The third-order valence-corrected chi connectivity index (χ3v) is 3.03. The molecule has 0 fully saturated rings. The lowest BCUT2D eigenvalue weighted by Gasteiger charge is -2.05. The van der Waals surface area contributed by atoms with Crippen LogP contribution in [0.2, 0.25) is 0 Å². The van der Waals surface area contributed by atoms with E-state index in [0.717, 1.165) is 30.3 Å². The molecule has 0 atom stereocenters. The van der Waals surface area contributed by atoms with Gasteiger partial charge in [0.25, 0.3) is 0 Å². The fraction of sp³-hybridized carbons (Fsp3) is 0.0625. The standard InChI is InChI=1S/C16H11FO5/c17-11-4-1-9(2-5-11)14(19)8-15(20)12-7-10(16(21)22)3-6-13(12)18/h1-7,18H,8H2,(H,21,22). The number of halogens is 1. The molecule has 0 aliphatic heterocycles. The summed E-state index contributed by atoms with van der Waals surface area (Å²) < 4.78 is 12.8. The van der Waals surface area contributed by atoms with Gasteiger partial charge < -0.3 is 10.2 Å². The van der Waals surface area contributed by atoms with E-state index in [2.05, 4.69) is 0 Å². The monoisotopic (exact) mass is 302 g/mol. The molecule has 0 aliphatic rings. The number of aromatic carboxylic acids is 1. The van der Waals surface area contributed by atoms with E-state index in [-0.39, 0.29) is 16.7 Å². The van der Waals surface area contributed by atoms with Crippen LogP contribution in [0.5, 0.6) is 5.75 Å². The summed E-state index contributed by atoms with van der Waals surface area (Å²) in [6, 6.07) is 7.94. The van der Waals surface area contributed by atoms with Crippen molar-refractivity contribution in [2.75, 3.05) is 0 Å². The Balaban J connectivity index is 2.22. The minimum atomic E-state index is -1.25. The number of Topliss-reactive ketones (excluding diaryl/α,β-unsaturated/α-hetero) is 2. The summed E-state index contributed by atoms with van der Waals surface area (Å²) in [4.78, 5) is 34.8. The molecule has 0 spiro atoms. The first kappa shape index (κ1) is 15.4. The van der Waals surface area contributed by atoms with Crippen LogP contribution in [0.15, 0.2) is 42.5 Å². The maximum atomic E-state index is 12.8. The van der Waals surface area contributed by atoms with Crippen LogP contribution in [0, 0.1) is 5.82 Å². The first-order chi connectivity index (χ1) is 10.4. The number of carbonyl (C=O) groups excluding carboxylic acids is 2. The van der Waals surface area contributed by atoms with Crippen molar-refractivity contribution in [2.24, 2.45) is 0 Å². The number of aromatic hydroxyl groups is 1. The number of rotatable bonds is 5. The van der Waals surface area contributed by atoms with Gasteiger partial charge in [0, 0.05) is 5.56 Å². The second-order valence-electron chi connectivity index (χ2n) is 4.57. The van der Waals surface area contributed by atoms with Crippen molar-refractivity contribution < 1.29 is 29.0 Å². The van der Waals surface area contributed by atoms with E-state index in [0.29, 0.717) is 0 Å². The topological polar surface area (TPSA) is 91.7 Å². The smallest absolute Gasteiger partial charge is 0.335 e. The summed E-state index contributed by atoms with van der Waals surface area (Å²) in [6.45, 7) is 0. The van der Waals surface area contributed by atoms with E-state index in [1.165, 1.54) is 12.1 Å². The number of hydrogen-bond donors (Lipinski definition) is 2. The normalized spacial score (nSPS) is 10.2. The van der Waals surface area contributed by atoms with Crippen LogP contribution in [0.4, 0.5) is 4.39 Å². The van der Waals surface area contributed by atoms with E-state index < -0.39 is 35.5 Å². The molecule has 22 heavy (non-hydrogen) atoms. The highest BCUT2D eigenvalue weighted by atomic mass is 19.1. The highest BCUT2D eigenvalue weighted by Gasteiger charge is 2.18. The Morgan fingerprint density at radius 1 is 0.909 bits per heavy atom. The second kappa shape index (κ2) is 6.17. The molecule has 0 bridgehead atoms. The maximum absolute atomic E-state index is 12.8. The molecular weight excluding hydrogens is 291 g/mol. The van der Waals surface area contributed by atoms with Crippen LogP contribution in [-0.4, -0.2) is 27.7 Å². The predicted octanol–water partition coefficient (Wildman–Crippen LogP) is 2.69. The zero-order valence-electron chi connectivity index (χ0n) is 11.2. The quantitative estimate of drug-likeness (QED) is 0.654. The molecule has 0 amide bonds. The van der Waals surface area contributed by atoms with Crippen LogP contribution in [0.1, 0.15) is 37.5 Å². The zero-order valence-corrected chi connectivity index (χ0v) is 11.2. The lowest BCUT2D eigenvalue weighted by molar-refractivity contribution is 0.0696. The van der Waals surface area contributed by atoms with Gasteiger partial charge in [0.15, 0.2) is 11.6 Å². The molecule has 0 heterocycles. The predicted molar refractivity (Wildman–Crippen MR) is 74.7 cm³/mol. The summed E-state index contributed by atoms with van der Waals surface area (Å²) in [5.41, 5.74) is -0.255. The van der Waals surface area contributed by atoms with Gasteiger partial charge in [-0.1, -0.05) is 0 Å². The van der Waals surface area contributed by atoms with Crippen molar-refractivity contribution >= 4 is 17.5 Å². The number of benzene rings is 2. The highest BCUT2D eigenvalue weighted by Crippen LogP contribution is 2.21. The fourth-order valence-electron chi connectivity index (χ4n) is 1.87. The van der Waals surface area contributed by atoms with Gasteiger partial charge in [-0.25, -0.2) is 9.18 Å². The Bertz CT molecular complexity index is 750. The lowest BCUT2D eigenvalue weighted by Crippen LogP contribution is -2.10. The number of hydrogen-bond acceptors (Lipinski definition) is 4. The molecule has 6 heteroatoms. The van der Waals surface area contributed by atoms with Gasteiger partial charge >= 0.3 is 5.97 Å². The summed E-state index contributed by atoms with van der Waals surface area (Å²) in [7, 11) is 0. The molecule has 2 aromatic carbocycles. The Morgan fingerprint density at radius 2 is 1.50 bits per heavy atom. The molecule has 0 aliphatic carbocycles. The first-order valence-electron chi connectivity index (χ1n) is 6.27. The summed E-state index contributed by atoms with van der Waals surface area (Å²) >= 11 is 0. The van der Waals surface area contributed by atoms with Crippen molar-refractivity contribution in [3.63, 3.8) is 0 Å². The minimum Gasteiger partial charge on any atom is -0.507 e. The fourth-order valence-corrected chi connectivity index (χ4v) is 1.87. The van der Waals surface area contributed by atoms with Crippen LogP contribution in [0.3, 0.4) is 0 Å². The van der Waals surface area contributed by atoms with Gasteiger partial charge in [-0.15, -0.1) is 0 Å². The third kappa shape index (κ3) is 3.35. The molecule has 2 aromatic rings. The molecule has 5 nitrogen and oxygen atoms in total. The van der Waals surface area contributed by atoms with E-state index in [9.17, 15) is 23.9 Å². The van der Waals surface area contributed by atoms with Gasteiger partial charge in [-0.05, 0) is 42.5 Å². The number of carboxylic acids is 1. The van der Waals surface area contributed by atoms with Crippen LogP contribution < -0.4 is 0 Å². The second-order valence-corrected chi connectivity index (χ2v) is 4.57. The molecule has 0 saturated carbocycles. The molecule has 0 aromatic heterocycles. The SMILES string of the molecule is O=C(O)c1ccc(O)c(C(=O)CC(=O)c2ccc(F)cc2)c1. The molecule has 0 radical (unpaired) electrons. The summed E-state index contributed by atoms with van der Waals surface area (Å²) in [5.74, 6) is -3.42. The van der Waals surface area contributed by atoms with Crippen molar-refractivity contribution in [3.8, 4) is 5.75 Å². The van der Waals surface area contributed by atoms with Gasteiger partial charge in [-0.3, -0.25) is 9.59 Å². The Labute approximate surface area is 124 Å². The van der Waals surface area contributed by atoms with Crippen molar-refractivity contribution in [1.82, 2.24) is 0 Å². The minimum absolute atomic E-state index is 0.156. The average Bonchev–Trinajstić information content (AvgIpc) is 2.47. The van der Waals surface area contributed by atoms with Crippen molar-refractivity contribution in [1.29, 1.82) is 0 Å². The molecule has 112 valence electrons. The first-order valence-corrected chi connectivity index (χ1v) is 6.27. The third-order valence-electron chi connectivity index (χ3n) is 3.03. The Hall–Kier alpha value is -3.02. The average molecular weight is 302 g/mol. The van der Waals surface area contributed by atoms with Crippen LogP contribution in [0.25, 0.3) is 0 Å². The number of ketones is 2. The van der Waals surface area contributed by atoms with Crippen molar-refractivity contribution in [3.05, 3.63) is 65.0 Å². The van der Waals surface area contributed by atoms with Gasteiger partial charge in [0.1, 0.15) is 11.6 Å². The van der Waals surface area contributed by atoms with E-state index >= 15 is 0 Å². The van der Waals surface area contributed by atoms with E-state index in [1.54, 1.807) is 0 Å². The van der Waals surface area contributed by atoms with Gasteiger partial charge in [0.2, 0.25) is 0 Å². The largest absolute Gasteiger partial charge is 0.507 e. The van der Waals surface area contributed by atoms with E-state index in [1.807, 2.05) is 0 Å². The van der Waals surface area contributed by atoms with Crippen LogP contribution >= 0.6 is 0 Å². The zero-order chi connectivity index (χ0) is 16.3. The van der Waals surface area contributed by atoms with Gasteiger partial charge in [-0.2, -0.15) is 0 Å². The number of carboxylic acid groups (broad SMARTS) is 1. The Morgan fingerprint density at radius 3 is 2.09 bits per heavy atom. The van der Waals surface area contributed by atoms with Crippen molar-refractivity contribution in [2.45, 2.75) is 6.42 Å². The molecule has 2 N–H and O–H groups in total. The number of carbonyl (C=O) groups is 3. The van der Waals surface area contributed by atoms with E-state index in [4.69, 9.17) is 5.11 Å². The maximum Gasteiger partial charge on any atom is 0.335 e. The molecule has 0 saturated heterocycles. The summed E-state index contributed by atoms with van der Waals surface area (Å²) in [5, 5.41) is 18.5. The Kier molecular flexibility index (Phi) is 4.31. The number of phenols is 1. The summed E-state index contributed by atoms with van der Waals surface area (Å²) in [6.07, 6.45) is -0.553. The van der Waals surface area contributed by atoms with Crippen LogP contribution in [-0.2, 0) is 0 Å².